The lowest BCUT2D eigenvalue weighted by atomic mass is 10.1. The summed E-state index contributed by atoms with van der Waals surface area (Å²) >= 11 is 0. The van der Waals surface area contributed by atoms with Crippen LogP contribution in [0.5, 0.6) is 5.75 Å². The highest BCUT2D eigenvalue weighted by molar-refractivity contribution is 5.28. The molecule has 0 saturated heterocycles. The van der Waals surface area contributed by atoms with Gasteiger partial charge in [0.15, 0.2) is 0 Å². The third-order valence-electron chi connectivity index (χ3n) is 3.38. The molecule has 0 saturated carbocycles. The first-order valence-electron chi connectivity index (χ1n) is 8.14. The number of benzene rings is 1. The highest BCUT2D eigenvalue weighted by Crippen LogP contribution is 2.14. The van der Waals surface area contributed by atoms with E-state index in [2.05, 4.69) is 50.4 Å². The molecule has 1 N–H and O–H groups in total. The lowest BCUT2D eigenvalue weighted by molar-refractivity contribution is 0.304. The van der Waals surface area contributed by atoms with Crippen molar-refractivity contribution in [2.75, 3.05) is 19.7 Å². The topological polar surface area (TPSA) is 21.3 Å². The molecule has 0 radical (unpaired) electrons. The fraction of sp³-hybridized carbons (Fsp3) is 0.667. The largest absolute Gasteiger partial charge is 0.494 e. The Morgan fingerprint density at radius 3 is 2.65 bits per heavy atom. The molecule has 1 rings (SSSR count). The molecule has 1 aromatic carbocycles. The summed E-state index contributed by atoms with van der Waals surface area (Å²) < 4.78 is 5.79. The molecule has 0 bridgehead atoms. The lowest BCUT2D eigenvalue weighted by Crippen LogP contribution is -2.20. The summed E-state index contributed by atoms with van der Waals surface area (Å²) in [6.45, 7) is 9.79. The van der Waals surface area contributed by atoms with Crippen LogP contribution in [-0.2, 0) is 6.42 Å². The second-order valence-corrected chi connectivity index (χ2v) is 5.86. The van der Waals surface area contributed by atoms with E-state index in [0.717, 1.165) is 44.2 Å². The maximum absolute atomic E-state index is 5.79. The van der Waals surface area contributed by atoms with E-state index in [0.29, 0.717) is 0 Å². The highest BCUT2D eigenvalue weighted by Gasteiger charge is 1.96. The van der Waals surface area contributed by atoms with Gasteiger partial charge in [-0.3, -0.25) is 0 Å². The quantitative estimate of drug-likeness (QED) is 0.604. The van der Waals surface area contributed by atoms with E-state index in [4.69, 9.17) is 4.74 Å². The van der Waals surface area contributed by atoms with Crippen LogP contribution in [0, 0.1) is 5.92 Å². The van der Waals surface area contributed by atoms with Gasteiger partial charge in [-0.2, -0.15) is 0 Å². The summed E-state index contributed by atoms with van der Waals surface area (Å²) in [6.07, 6.45) is 6.05. The van der Waals surface area contributed by atoms with E-state index in [9.17, 15) is 0 Å². The van der Waals surface area contributed by atoms with Crippen LogP contribution in [-0.4, -0.2) is 19.7 Å². The average molecular weight is 277 g/mol. The SMILES string of the molecule is CCc1cccc(OCCCCCCNCC(C)C)c1. The molecule has 0 aromatic heterocycles. The van der Waals surface area contributed by atoms with E-state index in [1.54, 1.807) is 0 Å². The van der Waals surface area contributed by atoms with Crippen molar-refractivity contribution in [3.05, 3.63) is 29.8 Å². The smallest absolute Gasteiger partial charge is 0.119 e. The Morgan fingerprint density at radius 2 is 1.90 bits per heavy atom. The predicted octanol–water partition coefficient (Wildman–Crippen LogP) is 4.43. The molecule has 0 fully saturated rings. The van der Waals surface area contributed by atoms with Gasteiger partial charge in [-0.25, -0.2) is 0 Å². The zero-order chi connectivity index (χ0) is 14.6. The first-order chi connectivity index (χ1) is 9.72. The number of aryl methyl sites for hydroxylation is 1. The van der Waals surface area contributed by atoms with Crippen molar-refractivity contribution in [3.63, 3.8) is 0 Å². The normalized spacial score (nSPS) is 11.0. The molecule has 0 unspecified atom stereocenters. The maximum Gasteiger partial charge on any atom is 0.119 e. The molecule has 114 valence electrons. The molecule has 0 heterocycles. The Morgan fingerprint density at radius 1 is 1.10 bits per heavy atom. The van der Waals surface area contributed by atoms with Gasteiger partial charge in [0, 0.05) is 0 Å². The lowest BCUT2D eigenvalue weighted by Gasteiger charge is -2.08. The third-order valence-corrected chi connectivity index (χ3v) is 3.38. The number of ether oxygens (including phenoxy) is 1. The zero-order valence-electron chi connectivity index (χ0n) is 13.5. The molecule has 2 heteroatoms. The molecule has 0 aliphatic heterocycles. The predicted molar refractivity (Wildman–Crippen MR) is 87.5 cm³/mol. The van der Waals surface area contributed by atoms with Gasteiger partial charge in [-0.1, -0.05) is 45.7 Å². The van der Waals surface area contributed by atoms with Crippen LogP contribution in [0.3, 0.4) is 0 Å². The van der Waals surface area contributed by atoms with Gasteiger partial charge in [0.25, 0.3) is 0 Å². The summed E-state index contributed by atoms with van der Waals surface area (Å²) in [4.78, 5) is 0. The van der Waals surface area contributed by atoms with Crippen LogP contribution >= 0.6 is 0 Å². The fourth-order valence-electron chi connectivity index (χ4n) is 2.14. The van der Waals surface area contributed by atoms with E-state index >= 15 is 0 Å². The van der Waals surface area contributed by atoms with Gasteiger partial charge >= 0.3 is 0 Å². The molecule has 20 heavy (non-hydrogen) atoms. The minimum Gasteiger partial charge on any atom is -0.494 e. The number of unbranched alkanes of at least 4 members (excludes halogenated alkanes) is 3. The summed E-state index contributed by atoms with van der Waals surface area (Å²) in [5.41, 5.74) is 1.35. The zero-order valence-corrected chi connectivity index (χ0v) is 13.5. The number of hydrogen-bond donors (Lipinski definition) is 1. The van der Waals surface area contributed by atoms with Crippen LogP contribution in [0.1, 0.15) is 52.0 Å². The molecule has 2 nitrogen and oxygen atoms in total. The van der Waals surface area contributed by atoms with Gasteiger partial charge in [-0.05, 0) is 56.0 Å². The van der Waals surface area contributed by atoms with Gasteiger partial charge in [-0.15, -0.1) is 0 Å². The third kappa shape index (κ3) is 8.21. The molecular weight excluding hydrogens is 246 g/mol. The van der Waals surface area contributed by atoms with Gasteiger partial charge in [0.2, 0.25) is 0 Å². The molecule has 0 amide bonds. The van der Waals surface area contributed by atoms with Gasteiger partial charge < -0.3 is 10.1 Å². The van der Waals surface area contributed by atoms with Crippen molar-refractivity contribution in [1.82, 2.24) is 5.32 Å². The first-order valence-corrected chi connectivity index (χ1v) is 8.14. The summed E-state index contributed by atoms with van der Waals surface area (Å²) in [6, 6.07) is 8.43. The standard InChI is InChI=1S/C18H31NO/c1-4-17-10-9-11-18(14-17)20-13-8-6-5-7-12-19-15-16(2)3/h9-11,14,16,19H,4-8,12-13,15H2,1-3H3. The van der Waals surface area contributed by atoms with Crippen LogP contribution in [0.2, 0.25) is 0 Å². The van der Waals surface area contributed by atoms with Crippen molar-refractivity contribution < 1.29 is 4.74 Å². The van der Waals surface area contributed by atoms with Gasteiger partial charge in [0.1, 0.15) is 5.75 Å². The maximum atomic E-state index is 5.79. The van der Waals surface area contributed by atoms with Crippen molar-refractivity contribution in [3.8, 4) is 5.75 Å². The van der Waals surface area contributed by atoms with Crippen LogP contribution in [0.15, 0.2) is 24.3 Å². The minimum absolute atomic E-state index is 0.752. The Labute approximate surface area is 124 Å². The second kappa shape index (κ2) is 10.7. The van der Waals surface area contributed by atoms with Crippen molar-refractivity contribution in [2.24, 2.45) is 5.92 Å². The van der Waals surface area contributed by atoms with E-state index < -0.39 is 0 Å². The Kier molecular flexibility index (Phi) is 9.14. The van der Waals surface area contributed by atoms with Crippen LogP contribution < -0.4 is 10.1 Å². The molecular formula is C18H31NO. The molecule has 0 spiro atoms. The molecule has 1 aromatic rings. The van der Waals surface area contributed by atoms with Crippen molar-refractivity contribution >= 4 is 0 Å². The molecule has 0 aliphatic carbocycles. The monoisotopic (exact) mass is 277 g/mol. The number of nitrogens with one attached hydrogen (secondary N) is 1. The molecule has 0 aliphatic rings. The van der Waals surface area contributed by atoms with Crippen LogP contribution in [0.4, 0.5) is 0 Å². The Balaban J connectivity index is 1.96. The average Bonchev–Trinajstić information content (AvgIpc) is 2.45. The Bertz CT molecular complexity index is 349. The summed E-state index contributed by atoms with van der Waals surface area (Å²) in [5, 5.41) is 3.48. The van der Waals surface area contributed by atoms with Gasteiger partial charge in [0.05, 0.1) is 6.61 Å². The first kappa shape index (κ1) is 17.0. The van der Waals surface area contributed by atoms with E-state index in [-0.39, 0.29) is 0 Å². The van der Waals surface area contributed by atoms with Crippen molar-refractivity contribution in [2.45, 2.75) is 52.9 Å². The van der Waals surface area contributed by atoms with Crippen LogP contribution in [0.25, 0.3) is 0 Å². The number of rotatable bonds is 11. The minimum atomic E-state index is 0.752. The molecule has 0 atom stereocenters. The summed E-state index contributed by atoms with van der Waals surface area (Å²) in [5.74, 6) is 1.77. The van der Waals surface area contributed by atoms with E-state index in [1.807, 2.05) is 0 Å². The fourth-order valence-corrected chi connectivity index (χ4v) is 2.14. The number of hydrogen-bond acceptors (Lipinski definition) is 2. The highest BCUT2D eigenvalue weighted by atomic mass is 16.5. The summed E-state index contributed by atoms with van der Waals surface area (Å²) in [7, 11) is 0. The second-order valence-electron chi connectivity index (χ2n) is 5.86. The van der Waals surface area contributed by atoms with Crippen molar-refractivity contribution in [1.29, 1.82) is 0 Å². The van der Waals surface area contributed by atoms with E-state index in [1.165, 1.54) is 24.8 Å². The Hall–Kier alpha value is -1.02.